The second-order valence-corrected chi connectivity index (χ2v) is 3.86. The lowest BCUT2D eigenvalue weighted by Crippen LogP contribution is -1.94. The van der Waals surface area contributed by atoms with Gasteiger partial charge in [0.15, 0.2) is 0 Å². The first-order valence-corrected chi connectivity index (χ1v) is 5.67. The number of rotatable bonds is 5. The van der Waals surface area contributed by atoms with Crippen LogP contribution in [0.1, 0.15) is 23.6 Å². The summed E-state index contributed by atoms with van der Waals surface area (Å²) in [6, 6.07) is 3.16. The van der Waals surface area contributed by atoms with E-state index in [1.54, 1.807) is 19.2 Å². The molecule has 0 saturated carbocycles. The fourth-order valence-electron chi connectivity index (χ4n) is 1.65. The van der Waals surface area contributed by atoms with Crippen molar-refractivity contribution in [3.05, 3.63) is 51.1 Å². The van der Waals surface area contributed by atoms with Crippen molar-refractivity contribution in [1.82, 2.24) is 0 Å². The molecule has 0 saturated heterocycles. The molecule has 0 aliphatic carbocycles. The van der Waals surface area contributed by atoms with Crippen molar-refractivity contribution in [3.63, 3.8) is 0 Å². The van der Waals surface area contributed by atoms with Gasteiger partial charge in [-0.15, -0.1) is 0 Å². The van der Waals surface area contributed by atoms with E-state index in [9.17, 15) is 10.1 Å². The van der Waals surface area contributed by atoms with Gasteiger partial charge in [0, 0.05) is 19.2 Å². The van der Waals surface area contributed by atoms with E-state index >= 15 is 0 Å². The van der Waals surface area contributed by atoms with Crippen LogP contribution in [0, 0.1) is 17.0 Å². The molecular formula is C14H17NO3. The summed E-state index contributed by atoms with van der Waals surface area (Å²) in [6.45, 7) is 4.32. The van der Waals surface area contributed by atoms with Crippen LogP contribution in [0.15, 0.2) is 24.3 Å². The summed E-state index contributed by atoms with van der Waals surface area (Å²) in [7, 11) is 1.61. The SMILES string of the molecule is C/C=C\c1cc([N+](=O)[O-])cc(/C=C/COC)c1C. The number of nitrogens with zero attached hydrogens (tertiary/aromatic N) is 1. The average molecular weight is 247 g/mol. The maximum absolute atomic E-state index is 10.9. The molecule has 1 aromatic carbocycles. The van der Waals surface area contributed by atoms with Crippen LogP contribution in [0.2, 0.25) is 0 Å². The standard InChI is InChI=1S/C14H17NO3/c1-4-6-12-9-14(15(16)17)10-13(11(12)2)7-5-8-18-3/h4-7,9-10H,8H2,1-3H3/b6-4-,7-5+. The minimum atomic E-state index is -0.375. The molecule has 18 heavy (non-hydrogen) atoms. The smallest absolute Gasteiger partial charge is 0.270 e. The zero-order valence-corrected chi connectivity index (χ0v) is 10.8. The van der Waals surface area contributed by atoms with Crippen molar-refractivity contribution in [3.8, 4) is 0 Å². The molecule has 0 heterocycles. The third-order valence-corrected chi connectivity index (χ3v) is 2.59. The number of nitro groups is 1. The number of benzene rings is 1. The van der Waals surface area contributed by atoms with E-state index in [0.717, 1.165) is 16.7 Å². The highest BCUT2D eigenvalue weighted by Crippen LogP contribution is 2.24. The maximum Gasteiger partial charge on any atom is 0.270 e. The highest BCUT2D eigenvalue weighted by Gasteiger charge is 2.10. The average Bonchev–Trinajstić information content (AvgIpc) is 2.33. The number of ether oxygens (including phenoxy) is 1. The van der Waals surface area contributed by atoms with Crippen LogP contribution in [0.5, 0.6) is 0 Å². The van der Waals surface area contributed by atoms with Crippen LogP contribution < -0.4 is 0 Å². The van der Waals surface area contributed by atoms with Crippen molar-refractivity contribution in [2.45, 2.75) is 13.8 Å². The monoisotopic (exact) mass is 247 g/mol. The largest absolute Gasteiger partial charge is 0.381 e. The Hall–Kier alpha value is -1.94. The predicted octanol–water partition coefficient (Wildman–Crippen LogP) is 3.60. The van der Waals surface area contributed by atoms with Gasteiger partial charge >= 0.3 is 0 Å². The third-order valence-electron chi connectivity index (χ3n) is 2.59. The molecule has 0 unspecified atom stereocenters. The summed E-state index contributed by atoms with van der Waals surface area (Å²) >= 11 is 0. The van der Waals surface area contributed by atoms with Crippen LogP contribution in [0.4, 0.5) is 5.69 Å². The highest BCUT2D eigenvalue weighted by molar-refractivity contribution is 5.67. The number of non-ortho nitro benzene ring substituents is 1. The summed E-state index contributed by atoms with van der Waals surface area (Å²) in [5, 5.41) is 10.9. The maximum atomic E-state index is 10.9. The molecule has 0 spiro atoms. The zero-order chi connectivity index (χ0) is 13.5. The molecule has 4 nitrogen and oxygen atoms in total. The van der Waals surface area contributed by atoms with E-state index < -0.39 is 0 Å². The first kappa shape index (κ1) is 14.1. The van der Waals surface area contributed by atoms with Gasteiger partial charge in [-0.2, -0.15) is 0 Å². The second kappa shape index (κ2) is 6.71. The molecular weight excluding hydrogens is 230 g/mol. The van der Waals surface area contributed by atoms with Gasteiger partial charge in [-0.25, -0.2) is 0 Å². The molecule has 0 atom stereocenters. The molecule has 0 amide bonds. The van der Waals surface area contributed by atoms with Crippen molar-refractivity contribution >= 4 is 17.8 Å². The second-order valence-electron chi connectivity index (χ2n) is 3.86. The lowest BCUT2D eigenvalue weighted by Gasteiger charge is -2.05. The molecule has 4 heteroatoms. The molecule has 0 bridgehead atoms. The summed E-state index contributed by atoms with van der Waals surface area (Å²) in [4.78, 5) is 10.5. The fourth-order valence-corrected chi connectivity index (χ4v) is 1.65. The van der Waals surface area contributed by atoms with Gasteiger partial charge in [-0.05, 0) is 30.5 Å². The lowest BCUT2D eigenvalue weighted by molar-refractivity contribution is -0.384. The zero-order valence-electron chi connectivity index (χ0n) is 10.8. The van der Waals surface area contributed by atoms with Crippen molar-refractivity contribution < 1.29 is 9.66 Å². The Morgan fingerprint density at radius 2 is 1.94 bits per heavy atom. The van der Waals surface area contributed by atoms with Gasteiger partial charge in [-0.1, -0.05) is 24.3 Å². The van der Waals surface area contributed by atoms with Gasteiger partial charge in [0.2, 0.25) is 0 Å². The fraction of sp³-hybridized carbons (Fsp3) is 0.286. The highest BCUT2D eigenvalue weighted by atomic mass is 16.6. The number of allylic oxidation sites excluding steroid dienone is 1. The van der Waals surface area contributed by atoms with Crippen LogP contribution in [-0.2, 0) is 4.74 Å². The van der Waals surface area contributed by atoms with Gasteiger partial charge in [0.05, 0.1) is 11.5 Å². The summed E-state index contributed by atoms with van der Waals surface area (Å²) < 4.78 is 4.92. The summed E-state index contributed by atoms with van der Waals surface area (Å²) in [6.07, 6.45) is 7.43. The first-order chi connectivity index (χ1) is 8.60. The van der Waals surface area contributed by atoms with Gasteiger partial charge in [0.1, 0.15) is 0 Å². The third kappa shape index (κ3) is 3.53. The van der Waals surface area contributed by atoms with Crippen molar-refractivity contribution in [2.24, 2.45) is 0 Å². The Bertz CT molecular complexity index is 490. The van der Waals surface area contributed by atoms with E-state index in [4.69, 9.17) is 4.74 Å². The van der Waals surface area contributed by atoms with Crippen LogP contribution >= 0.6 is 0 Å². The Morgan fingerprint density at radius 1 is 1.33 bits per heavy atom. The Morgan fingerprint density at radius 3 is 2.44 bits per heavy atom. The van der Waals surface area contributed by atoms with Crippen molar-refractivity contribution in [2.75, 3.05) is 13.7 Å². The summed E-state index contributed by atoms with van der Waals surface area (Å²) in [5.74, 6) is 0. The molecule has 0 aliphatic rings. The van der Waals surface area contributed by atoms with Crippen molar-refractivity contribution in [1.29, 1.82) is 0 Å². The molecule has 0 fully saturated rings. The van der Waals surface area contributed by atoms with Crippen LogP contribution in [-0.4, -0.2) is 18.6 Å². The summed E-state index contributed by atoms with van der Waals surface area (Å²) in [5.41, 5.74) is 2.83. The number of hydrogen-bond acceptors (Lipinski definition) is 3. The first-order valence-electron chi connectivity index (χ1n) is 5.67. The molecule has 0 aliphatic heterocycles. The van der Waals surface area contributed by atoms with Crippen LogP contribution in [0.3, 0.4) is 0 Å². The molecule has 1 aromatic rings. The normalized spacial score (nSPS) is 11.5. The molecule has 0 aromatic heterocycles. The Labute approximate surface area is 107 Å². The van der Waals surface area contributed by atoms with Crippen LogP contribution in [0.25, 0.3) is 12.2 Å². The number of hydrogen-bond donors (Lipinski definition) is 0. The Kier molecular flexibility index (Phi) is 5.27. The Balaban J connectivity index is 3.26. The molecule has 0 radical (unpaired) electrons. The quantitative estimate of drug-likeness (QED) is 0.590. The van der Waals surface area contributed by atoms with E-state index in [1.807, 2.05) is 38.2 Å². The van der Waals surface area contributed by atoms with E-state index in [2.05, 4.69) is 0 Å². The molecule has 0 N–H and O–H groups in total. The number of nitro benzene ring substituents is 1. The predicted molar refractivity (Wildman–Crippen MR) is 73.5 cm³/mol. The lowest BCUT2D eigenvalue weighted by atomic mass is 10.0. The van der Waals surface area contributed by atoms with E-state index in [1.165, 1.54) is 0 Å². The van der Waals surface area contributed by atoms with Gasteiger partial charge in [-0.3, -0.25) is 10.1 Å². The molecule has 1 rings (SSSR count). The molecule has 96 valence electrons. The minimum absolute atomic E-state index is 0.103. The number of methoxy groups -OCH3 is 1. The van der Waals surface area contributed by atoms with E-state index in [0.29, 0.717) is 6.61 Å². The van der Waals surface area contributed by atoms with Gasteiger partial charge < -0.3 is 4.74 Å². The van der Waals surface area contributed by atoms with E-state index in [-0.39, 0.29) is 10.6 Å². The topological polar surface area (TPSA) is 52.4 Å². The minimum Gasteiger partial charge on any atom is -0.381 e. The van der Waals surface area contributed by atoms with Gasteiger partial charge in [0.25, 0.3) is 5.69 Å².